The Morgan fingerprint density at radius 3 is 2.28 bits per heavy atom. The van der Waals surface area contributed by atoms with Crippen LogP contribution in [-0.4, -0.2) is 6.54 Å². The summed E-state index contributed by atoms with van der Waals surface area (Å²) >= 11 is 3.16. The van der Waals surface area contributed by atoms with Gasteiger partial charge in [0.15, 0.2) is 0 Å². The SMILES string of the molecule is CC(C)C(CNCc1ccc(Br)c(F)c1)C(C)C. The van der Waals surface area contributed by atoms with E-state index in [-0.39, 0.29) is 5.82 Å². The first kappa shape index (κ1) is 15.6. The van der Waals surface area contributed by atoms with Crippen molar-refractivity contribution in [3.63, 3.8) is 0 Å². The summed E-state index contributed by atoms with van der Waals surface area (Å²) in [6.07, 6.45) is 0. The van der Waals surface area contributed by atoms with E-state index in [1.807, 2.05) is 6.07 Å². The molecule has 0 saturated heterocycles. The Labute approximate surface area is 118 Å². The Kier molecular flexibility index (Phi) is 6.30. The van der Waals surface area contributed by atoms with E-state index >= 15 is 0 Å². The summed E-state index contributed by atoms with van der Waals surface area (Å²) in [6.45, 7) is 10.7. The molecule has 0 atom stereocenters. The van der Waals surface area contributed by atoms with Gasteiger partial charge in [0.1, 0.15) is 5.82 Å². The Morgan fingerprint density at radius 1 is 1.17 bits per heavy atom. The summed E-state index contributed by atoms with van der Waals surface area (Å²) in [6, 6.07) is 5.28. The molecule has 0 fully saturated rings. The smallest absolute Gasteiger partial charge is 0.137 e. The minimum atomic E-state index is -0.196. The summed E-state index contributed by atoms with van der Waals surface area (Å²) in [5, 5.41) is 3.43. The third kappa shape index (κ3) is 4.69. The van der Waals surface area contributed by atoms with E-state index in [0.29, 0.717) is 22.2 Å². The zero-order chi connectivity index (χ0) is 13.7. The van der Waals surface area contributed by atoms with Crippen LogP contribution < -0.4 is 5.32 Å². The van der Waals surface area contributed by atoms with Gasteiger partial charge in [-0.1, -0.05) is 33.8 Å². The number of hydrogen-bond acceptors (Lipinski definition) is 1. The van der Waals surface area contributed by atoms with Crippen LogP contribution in [0, 0.1) is 23.6 Å². The molecule has 0 heterocycles. The van der Waals surface area contributed by atoms with E-state index in [4.69, 9.17) is 0 Å². The normalized spacial score (nSPS) is 11.8. The van der Waals surface area contributed by atoms with Gasteiger partial charge in [-0.3, -0.25) is 0 Å². The zero-order valence-corrected chi connectivity index (χ0v) is 13.2. The average molecular weight is 316 g/mol. The molecule has 0 bridgehead atoms. The second-order valence-corrected chi connectivity index (χ2v) is 6.39. The Balaban J connectivity index is 2.47. The molecule has 0 saturated carbocycles. The minimum absolute atomic E-state index is 0.196. The third-order valence-corrected chi connectivity index (χ3v) is 4.05. The molecule has 3 heteroatoms. The lowest BCUT2D eigenvalue weighted by molar-refractivity contribution is 0.275. The van der Waals surface area contributed by atoms with Gasteiger partial charge in [-0.05, 0) is 57.9 Å². The highest BCUT2D eigenvalue weighted by Gasteiger charge is 2.16. The van der Waals surface area contributed by atoms with Crippen LogP contribution in [0.1, 0.15) is 33.3 Å². The van der Waals surface area contributed by atoms with Crippen LogP contribution in [0.3, 0.4) is 0 Å². The first-order valence-corrected chi connectivity index (χ1v) is 7.35. The fourth-order valence-electron chi connectivity index (χ4n) is 2.27. The Bertz CT molecular complexity index is 369. The van der Waals surface area contributed by atoms with Crippen LogP contribution in [0.4, 0.5) is 4.39 Å². The van der Waals surface area contributed by atoms with Crippen molar-refractivity contribution in [2.75, 3.05) is 6.54 Å². The van der Waals surface area contributed by atoms with Gasteiger partial charge in [0.2, 0.25) is 0 Å². The van der Waals surface area contributed by atoms with E-state index < -0.39 is 0 Å². The molecule has 0 aliphatic carbocycles. The number of halogens is 2. The highest BCUT2D eigenvalue weighted by Crippen LogP contribution is 2.20. The highest BCUT2D eigenvalue weighted by molar-refractivity contribution is 9.10. The molecule has 0 aromatic heterocycles. The minimum Gasteiger partial charge on any atom is -0.312 e. The lowest BCUT2D eigenvalue weighted by Gasteiger charge is -2.25. The fourth-order valence-corrected chi connectivity index (χ4v) is 2.52. The van der Waals surface area contributed by atoms with Crippen LogP contribution in [0.5, 0.6) is 0 Å². The maximum Gasteiger partial charge on any atom is 0.137 e. The van der Waals surface area contributed by atoms with E-state index in [1.54, 1.807) is 12.1 Å². The van der Waals surface area contributed by atoms with Crippen molar-refractivity contribution in [1.29, 1.82) is 0 Å². The standard InChI is InChI=1S/C15H23BrFN/c1-10(2)13(11(3)4)9-18-8-12-5-6-14(16)15(17)7-12/h5-7,10-11,13,18H,8-9H2,1-4H3. The molecule has 102 valence electrons. The van der Waals surface area contributed by atoms with Crippen molar-refractivity contribution in [3.8, 4) is 0 Å². The zero-order valence-electron chi connectivity index (χ0n) is 11.6. The van der Waals surface area contributed by atoms with Gasteiger partial charge >= 0.3 is 0 Å². The van der Waals surface area contributed by atoms with Crippen molar-refractivity contribution < 1.29 is 4.39 Å². The van der Waals surface area contributed by atoms with Crippen LogP contribution in [0.25, 0.3) is 0 Å². The first-order chi connectivity index (χ1) is 8.41. The molecule has 18 heavy (non-hydrogen) atoms. The Hall–Kier alpha value is -0.410. The van der Waals surface area contributed by atoms with Gasteiger partial charge in [-0.15, -0.1) is 0 Å². The summed E-state index contributed by atoms with van der Waals surface area (Å²) in [5.74, 6) is 1.79. The largest absolute Gasteiger partial charge is 0.312 e. The summed E-state index contributed by atoms with van der Waals surface area (Å²) < 4.78 is 13.9. The molecule has 0 spiro atoms. The monoisotopic (exact) mass is 315 g/mol. The molecule has 1 nitrogen and oxygen atoms in total. The van der Waals surface area contributed by atoms with E-state index in [2.05, 4.69) is 48.9 Å². The van der Waals surface area contributed by atoms with Gasteiger partial charge in [0, 0.05) is 6.54 Å². The topological polar surface area (TPSA) is 12.0 Å². The third-order valence-electron chi connectivity index (χ3n) is 3.41. The van der Waals surface area contributed by atoms with Gasteiger partial charge < -0.3 is 5.32 Å². The van der Waals surface area contributed by atoms with Gasteiger partial charge in [-0.25, -0.2) is 4.39 Å². The van der Waals surface area contributed by atoms with Crippen molar-refractivity contribution in [2.45, 2.75) is 34.2 Å². The summed E-state index contributed by atoms with van der Waals surface area (Å²) in [5.41, 5.74) is 0.988. The first-order valence-electron chi connectivity index (χ1n) is 6.56. The fraction of sp³-hybridized carbons (Fsp3) is 0.600. The van der Waals surface area contributed by atoms with Crippen molar-refractivity contribution >= 4 is 15.9 Å². The Morgan fingerprint density at radius 2 is 1.78 bits per heavy atom. The van der Waals surface area contributed by atoms with Crippen molar-refractivity contribution in [2.24, 2.45) is 17.8 Å². The van der Waals surface area contributed by atoms with Crippen LogP contribution in [0.15, 0.2) is 22.7 Å². The molecule has 1 rings (SSSR count). The van der Waals surface area contributed by atoms with E-state index in [0.717, 1.165) is 18.7 Å². The molecular formula is C15H23BrFN. The maximum absolute atomic E-state index is 13.3. The van der Waals surface area contributed by atoms with Gasteiger partial charge in [-0.2, -0.15) is 0 Å². The lowest BCUT2D eigenvalue weighted by Crippen LogP contribution is -2.29. The molecule has 1 aromatic carbocycles. The molecule has 0 unspecified atom stereocenters. The molecule has 1 N–H and O–H groups in total. The van der Waals surface area contributed by atoms with Crippen LogP contribution in [-0.2, 0) is 6.54 Å². The molecule has 0 amide bonds. The predicted octanol–water partition coefficient (Wildman–Crippen LogP) is 4.61. The van der Waals surface area contributed by atoms with E-state index in [9.17, 15) is 4.39 Å². The number of hydrogen-bond donors (Lipinski definition) is 1. The number of nitrogens with one attached hydrogen (secondary N) is 1. The predicted molar refractivity (Wildman–Crippen MR) is 79.0 cm³/mol. The molecular weight excluding hydrogens is 293 g/mol. The molecule has 0 radical (unpaired) electrons. The molecule has 0 aliphatic heterocycles. The van der Waals surface area contributed by atoms with Crippen LogP contribution in [0.2, 0.25) is 0 Å². The summed E-state index contributed by atoms with van der Waals surface area (Å²) in [7, 11) is 0. The van der Waals surface area contributed by atoms with Crippen molar-refractivity contribution in [3.05, 3.63) is 34.1 Å². The maximum atomic E-state index is 13.3. The van der Waals surface area contributed by atoms with E-state index in [1.165, 1.54) is 0 Å². The van der Waals surface area contributed by atoms with Crippen molar-refractivity contribution in [1.82, 2.24) is 5.32 Å². The highest BCUT2D eigenvalue weighted by atomic mass is 79.9. The quantitative estimate of drug-likeness (QED) is 0.808. The second kappa shape index (κ2) is 7.25. The number of rotatable bonds is 6. The number of benzene rings is 1. The lowest BCUT2D eigenvalue weighted by atomic mass is 9.85. The molecule has 0 aliphatic rings. The summed E-state index contributed by atoms with van der Waals surface area (Å²) in [4.78, 5) is 0. The van der Waals surface area contributed by atoms with Gasteiger partial charge in [0.05, 0.1) is 4.47 Å². The van der Waals surface area contributed by atoms with Gasteiger partial charge in [0.25, 0.3) is 0 Å². The van der Waals surface area contributed by atoms with Crippen LogP contribution >= 0.6 is 15.9 Å². The second-order valence-electron chi connectivity index (χ2n) is 5.53. The average Bonchev–Trinajstić information content (AvgIpc) is 2.28. The molecule has 1 aromatic rings.